The largest absolute Gasteiger partial charge is 0.383 e. The molecule has 2 N–H and O–H groups in total. The van der Waals surface area contributed by atoms with Gasteiger partial charge >= 0.3 is 0 Å². The molecule has 0 radical (unpaired) electrons. The number of nitrogens with zero attached hydrogens (tertiary/aromatic N) is 2. The molecule has 1 atom stereocenters. The highest BCUT2D eigenvalue weighted by Crippen LogP contribution is 2.28. The first-order valence-corrected chi connectivity index (χ1v) is 6.67. The fourth-order valence-corrected chi connectivity index (χ4v) is 2.06. The molecule has 1 unspecified atom stereocenters. The van der Waals surface area contributed by atoms with Gasteiger partial charge in [0.2, 0.25) is 0 Å². The van der Waals surface area contributed by atoms with Crippen molar-refractivity contribution in [3.63, 3.8) is 0 Å². The Bertz CT molecular complexity index is 483. The highest BCUT2D eigenvalue weighted by Gasteiger charge is 2.16. The maximum atomic E-state index is 13.7. The monoisotopic (exact) mass is 279 g/mol. The minimum absolute atomic E-state index is 0.256. The standard InChI is InChI=1S/C15H22FN3O/c1-11-9-15(13(12(2)18)10-14(11)16)19(6-4-5-17)7-8-20-3/h9-10,12H,4,6-8,18H2,1-3H3. The number of rotatable bonds is 7. The minimum Gasteiger partial charge on any atom is -0.383 e. The SMILES string of the molecule is COCCN(CCC#N)c1cc(C)c(F)cc1C(C)N. The van der Waals surface area contributed by atoms with Gasteiger partial charge in [-0.1, -0.05) is 0 Å². The fourth-order valence-electron chi connectivity index (χ4n) is 2.06. The van der Waals surface area contributed by atoms with Crippen LogP contribution >= 0.6 is 0 Å². The van der Waals surface area contributed by atoms with Crippen LogP contribution in [-0.4, -0.2) is 26.8 Å². The maximum absolute atomic E-state index is 13.7. The van der Waals surface area contributed by atoms with Crippen LogP contribution in [0.25, 0.3) is 0 Å². The Morgan fingerprint density at radius 3 is 2.70 bits per heavy atom. The summed E-state index contributed by atoms with van der Waals surface area (Å²) in [6.45, 7) is 5.31. The van der Waals surface area contributed by atoms with E-state index >= 15 is 0 Å². The molecule has 5 heteroatoms. The molecule has 4 nitrogen and oxygen atoms in total. The van der Waals surface area contributed by atoms with Crippen molar-refractivity contribution in [3.8, 4) is 6.07 Å². The lowest BCUT2D eigenvalue weighted by molar-refractivity contribution is 0.205. The fraction of sp³-hybridized carbons (Fsp3) is 0.533. The van der Waals surface area contributed by atoms with Gasteiger partial charge in [0.15, 0.2) is 0 Å². The van der Waals surface area contributed by atoms with Gasteiger partial charge in [0.25, 0.3) is 0 Å². The highest BCUT2D eigenvalue weighted by atomic mass is 19.1. The number of benzene rings is 1. The van der Waals surface area contributed by atoms with Crippen LogP contribution in [0.15, 0.2) is 12.1 Å². The van der Waals surface area contributed by atoms with Crippen molar-refractivity contribution in [1.29, 1.82) is 5.26 Å². The van der Waals surface area contributed by atoms with Gasteiger partial charge in [0.05, 0.1) is 19.1 Å². The Morgan fingerprint density at radius 1 is 1.45 bits per heavy atom. The lowest BCUT2D eigenvalue weighted by Gasteiger charge is -2.28. The van der Waals surface area contributed by atoms with Crippen LogP contribution in [0.4, 0.5) is 10.1 Å². The van der Waals surface area contributed by atoms with E-state index in [9.17, 15) is 4.39 Å². The number of hydrogen-bond acceptors (Lipinski definition) is 4. The summed E-state index contributed by atoms with van der Waals surface area (Å²) in [6, 6.07) is 5.14. The molecule has 0 heterocycles. The molecular weight excluding hydrogens is 257 g/mol. The van der Waals surface area contributed by atoms with E-state index in [1.807, 2.05) is 11.8 Å². The summed E-state index contributed by atoms with van der Waals surface area (Å²) in [6.07, 6.45) is 0.401. The van der Waals surface area contributed by atoms with Crippen molar-refractivity contribution in [1.82, 2.24) is 0 Å². The molecule has 0 amide bonds. The van der Waals surface area contributed by atoms with Crippen molar-refractivity contribution in [3.05, 3.63) is 29.1 Å². The molecule has 1 aromatic rings. The van der Waals surface area contributed by atoms with Crippen molar-refractivity contribution >= 4 is 5.69 Å². The van der Waals surface area contributed by atoms with E-state index < -0.39 is 0 Å². The van der Waals surface area contributed by atoms with Gasteiger partial charge in [-0.2, -0.15) is 5.26 Å². The van der Waals surface area contributed by atoms with Crippen molar-refractivity contribution in [2.45, 2.75) is 26.3 Å². The third-order valence-electron chi connectivity index (χ3n) is 3.20. The molecule has 0 saturated carbocycles. The lowest BCUT2D eigenvalue weighted by Crippen LogP contribution is -2.30. The normalized spacial score (nSPS) is 12.0. The number of halogens is 1. The summed E-state index contributed by atoms with van der Waals surface area (Å²) >= 11 is 0. The van der Waals surface area contributed by atoms with Gasteiger partial charge in [-0.15, -0.1) is 0 Å². The van der Waals surface area contributed by atoms with Crippen LogP contribution in [0.5, 0.6) is 0 Å². The predicted octanol–water partition coefficient (Wildman–Crippen LogP) is 2.52. The first-order chi connectivity index (χ1) is 9.51. The zero-order valence-electron chi connectivity index (χ0n) is 12.3. The molecular formula is C15H22FN3O. The number of methoxy groups -OCH3 is 1. The molecule has 0 aliphatic carbocycles. The summed E-state index contributed by atoms with van der Waals surface area (Å²) in [7, 11) is 1.63. The molecule has 1 rings (SSSR count). The van der Waals surface area contributed by atoms with E-state index in [2.05, 4.69) is 6.07 Å². The first-order valence-electron chi connectivity index (χ1n) is 6.67. The zero-order valence-corrected chi connectivity index (χ0v) is 12.3. The predicted molar refractivity (Wildman–Crippen MR) is 78.1 cm³/mol. The Kier molecular flexibility index (Phi) is 6.43. The molecule has 0 aliphatic heterocycles. The van der Waals surface area contributed by atoms with E-state index in [0.29, 0.717) is 31.7 Å². The molecule has 0 aromatic heterocycles. The average Bonchev–Trinajstić information content (AvgIpc) is 2.41. The zero-order chi connectivity index (χ0) is 15.1. The Balaban J connectivity index is 3.15. The van der Waals surface area contributed by atoms with Crippen LogP contribution in [0.1, 0.15) is 30.5 Å². The molecule has 0 aliphatic rings. The summed E-state index contributed by atoms with van der Waals surface area (Å²) in [5.74, 6) is -0.256. The van der Waals surface area contributed by atoms with Gasteiger partial charge in [0.1, 0.15) is 5.82 Å². The first kappa shape index (κ1) is 16.4. The topological polar surface area (TPSA) is 62.3 Å². The third-order valence-corrected chi connectivity index (χ3v) is 3.20. The number of aryl methyl sites for hydroxylation is 1. The quantitative estimate of drug-likeness (QED) is 0.833. The maximum Gasteiger partial charge on any atom is 0.126 e. The number of nitriles is 1. The molecule has 0 fully saturated rings. The molecule has 110 valence electrons. The van der Waals surface area contributed by atoms with Gasteiger partial charge in [-0.3, -0.25) is 0 Å². The van der Waals surface area contributed by atoms with Crippen LogP contribution in [0.2, 0.25) is 0 Å². The van der Waals surface area contributed by atoms with Crippen LogP contribution in [0.3, 0.4) is 0 Å². The van der Waals surface area contributed by atoms with Crippen LogP contribution in [0, 0.1) is 24.1 Å². The highest BCUT2D eigenvalue weighted by molar-refractivity contribution is 5.57. The number of ether oxygens (including phenoxy) is 1. The molecule has 0 spiro atoms. The van der Waals surface area contributed by atoms with Crippen molar-refractivity contribution in [2.24, 2.45) is 5.73 Å². The van der Waals surface area contributed by atoms with Gasteiger partial charge in [-0.05, 0) is 37.1 Å². The summed E-state index contributed by atoms with van der Waals surface area (Å²) in [4.78, 5) is 2.03. The van der Waals surface area contributed by atoms with E-state index in [1.165, 1.54) is 6.07 Å². The Morgan fingerprint density at radius 2 is 2.15 bits per heavy atom. The van der Waals surface area contributed by atoms with Crippen LogP contribution < -0.4 is 10.6 Å². The second-order valence-electron chi connectivity index (χ2n) is 4.84. The number of nitrogens with two attached hydrogens (primary N) is 1. The molecule has 0 bridgehead atoms. The lowest BCUT2D eigenvalue weighted by atomic mass is 10.0. The summed E-state index contributed by atoms with van der Waals surface area (Å²) in [5, 5.41) is 8.77. The van der Waals surface area contributed by atoms with Crippen LogP contribution in [-0.2, 0) is 4.74 Å². The number of anilines is 1. The molecule has 0 saturated heterocycles. The molecule has 1 aromatic carbocycles. The second-order valence-corrected chi connectivity index (χ2v) is 4.84. The van der Waals surface area contributed by atoms with Crippen molar-refractivity contribution < 1.29 is 9.13 Å². The van der Waals surface area contributed by atoms with E-state index in [0.717, 1.165) is 11.3 Å². The summed E-state index contributed by atoms with van der Waals surface area (Å²) < 4.78 is 18.8. The Labute approximate surface area is 119 Å². The average molecular weight is 279 g/mol. The Hall–Kier alpha value is -1.64. The van der Waals surface area contributed by atoms with E-state index in [4.69, 9.17) is 15.7 Å². The molecule has 20 heavy (non-hydrogen) atoms. The van der Waals surface area contributed by atoms with Crippen molar-refractivity contribution in [2.75, 3.05) is 31.7 Å². The smallest absolute Gasteiger partial charge is 0.126 e. The van der Waals surface area contributed by atoms with E-state index in [-0.39, 0.29) is 11.9 Å². The minimum atomic E-state index is -0.271. The van der Waals surface area contributed by atoms with Gasteiger partial charge < -0.3 is 15.4 Å². The second kappa shape index (κ2) is 7.83. The number of hydrogen-bond donors (Lipinski definition) is 1. The third kappa shape index (κ3) is 4.19. The van der Waals surface area contributed by atoms with E-state index in [1.54, 1.807) is 20.1 Å². The van der Waals surface area contributed by atoms with Gasteiger partial charge in [0, 0.05) is 31.9 Å². The summed E-state index contributed by atoms with van der Waals surface area (Å²) in [5.41, 5.74) is 8.14. The van der Waals surface area contributed by atoms with Gasteiger partial charge in [-0.25, -0.2) is 4.39 Å².